The highest BCUT2D eigenvalue weighted by molar-refractivity contribution is 5.85. The van der Waals surface area contributed by atoms with Gasteiger partial charge in [-0.05, 0) is 6.07 Å². The zero-order valence-electron chi connectivity index (χ0n) is 15.6. The van der Waals surface area contributed by atoms with E-state index in [0.29, 0.717) is 31.1 Å². The van der Waals surface area contributed by atoms with Gasteiger partial charge in [0.1, 0.15) is 0 Å². The third kappa shape index (κ3) is 4.85. The molecule has 4 rings (SSSR count). The van der Waals surface area contributed by atoms with Crippen molar-refractivity contribution in [2.24, 2.45) is 0 Å². The maximum absolute atomic E-state index is 12.5. The van der Waals surface area contributed by atoms with Crippen molar-refractivity contribution < 1.29 is 9.32 Å². The molecular weight excluding hydrogens is 370 g/mol. The van der Waals surface area contributed by atoms with Gasteiger partial charge >= 0.3 is 0 Å². The molecule has 1 fully saturated rings. The molecule has 10 heteroatoms. The second kappa shape index (κ2) is 8.81. The van der Waals surface area contributed by atoms with E-state index in [4.69, 9.17) is 4.52 Å². The number of nitrogens with zero attached hydrogens (tertiary/aromatic N) is 6. The van der Waals surface area contributed by atoms with Crippen LogP contribution in [0.1, 0.15) is 29.5 Å². The van der Waals surface area contributed by atoms with Gasteiger partial charge in [0.2, 0.25) is 11.8 Å². The highest BCUT2D eigenvalue weighted by atomic mass is 35.5. The van der Waals surface area contributed by atoms with Crippen molar-refractivity contribution in [2.45, 2.75) is 39.4 Å². The Morgan fingerprint density at radius 3 is 2.78 bits per heavy atom. The molecule has 2 aromatic heterocycles. The molecule has 148 valence electrons. The number of aromatic nitrogens is 4. The van der Waals surface area contributed by atoms with E-state index in [1.165, 1.54) is 5.69 Å². The molecule has 1 amide bonds. The topological polar surface area (TPSA) is 92.3 Å². The minimum absolute atomic E-state index is 0. The summed E-state index contributed by atoms with van der Waals surface area (Å²) < 4.78 is 7.06. The first-order valence-electron chi connectivity index (χ1n) is 9.23. The minimum Gasteiger partial charge on any atom is -0.340 e. The number of carbonyl (C=O) groups excluding carboxylic acids is 1. The normalized spacial score (nSPS) is 17.4. The lowest BCUT2D eigenvalue weighted by atomic mass is 10.2. The first-order valence-corrected chi connectivity index (χ1v) is 9.23. The lowest BCUT2D eigenvalue weighted by Crippen LogP contribution is -2.48. The van der Waals surface area contributed by atoms with E-state index in [-0.39, 0.29) is 18.3 Å². The molecule has 2 aliphatic heterocycles. The van der Waals surface area contributed by atoms with Crippen LogP contribution < -0.4 is 5.32 Å². The Hall–Kier alpha value is -1.97. The van der Waals surface area contributed by atoms with Crippen molar-refractivity contribution in [3.8, 4) is 0 Å². The van der Waals surface area contributed by atoms with E-state index in [2.05, 4.69) is 36.2 Å². The fourth-order valence-electron chi connectivity index (χ4n) is 3.53. The van der Waals surface area contributed by atoms with Gasteiger partial charge in [0, 0.05) is 59.0 Å². The molecule has 0 aromatic carbocycles. The van der Waals surface area contributed by atoms with Crippen LogP contribution in [0.4, 0.5) is 0 Å². The van der Waals surface area contributed by atoms with Crippen molar-refractivity contribution in [1.82, 2.24) is 35.0 Å². The van der Waals surface area contributed by atoms with Crippen LogP contribution in [0.25, 0.3) is 0 Å². The van der Waals surface area contributed by atoms with E-state index in [1.807, 2.05) is 4.90 Å². The van der Waals surface area contributed by atoms with Gasteiger partial charge in [0.15, 0.2) is 5.82 Å². The number of nitrogens with one attached hydrogen (secondary N) is 1. The molecule has 0 aliphatic carbocycles. The molecule has 0 saturated carbocycles. The number of halogens is 1. The summed E-state index contributed by atoms with van der Waals surface area (Å²) >= 11 is 0. The van der Waals surface area contributed by atoms with Crippen LogP contribution in [0, 0.1) is 6.92 Å². The Bertz CT molecular complexity index is 744. The summed E-state index contributed by atoms with van der Waals surface area (Å²) in [6.45, 7) is 8.37. The molecule has 1 saturated heterocycles. The van der Waals surface area contributed by atoms with Crippen molar-refractivity contribution >= 4 is 18.3 Å². The maximum Gasteiger partial charge on any atom is 0.223 e. The second-order valence-corrected chi connectivity index (χ2v) is 6.91. The fraction of sp³-hybridized carbons (Fsp3) is 0.647. The molecule has 1 N–H and O–H groups in total. The van der Waals surface area contributed by atoms with Crippen molar-refractivity contribution in [3.63, 3.8) is 0 Å². The maximum atomic E-state index is 12.5. The van der Waals surface area contributed by atoms with E-state index >= 15 is 0 Å². The molecule has 0 atom stereocenters. The predicted molar refractivity (Wildman–Crippen MR) is 100 cm³/mol. The van der Waals surface area contributed by atoms with E-state index < -0.39 is 0 Å². The van der Waals surface area contributed by atoms with Crippen LogP contribution in [0.2, 0.25) is 0 Å². The highest BCUT2D eigenvalue weighted by Crippen LogP contribution is 2.12. The second-order valence-electron chi connectivity index (χ2n) is 6.91. The molecule has 27 heavy (non-hydrogen) atoms. The molecule has 0 radical (unpaired) electrons. The van der Waals surface area contributed by atoms with Crippen LogP contribution in [0.15, 0.2) is 10.6 Å². The largest absolute Gasteiger partial charge is 0.340 e. The Balaban J connectivity index is 0.00000210. The first-order chi connectivity index (χ1) is 12.7. The number of amides is 1. The summed E-state index contributed by atoms with van der Waals surface area (Å²) in [6.07, 6.45) is 1.23. The molecule has 9 nitrogen and oxygen atoms in total. The number of piperazine rings is 1. The van der Waals surface area contributed by atoms with Gasteiger partial charge in [0.25, 0.3) is 0 Å². The molecule has 2 aromatic rings. The molecule has 0 unspecified atom stereocenters. The number of rotatable bonds is 5. The average molecular weight is 396 g/mol. The van der Waals surface area contributed by atoms with Crippen LogP contribution in [-0.2, 0) is 30.8 Å². The molecule has 0 bridgehead atoms. The zero-order chi connectivity index (χ0) is 17.9. The number of hydrogen-bond donors (Lipinski definition) is 1. The Morgan fingerprint density at radius 2 is 2.07 bits per heavy atom. The Labute approximate surface area is 164 Å². The first kappa shape index (κ1) is 19.8. The van der Waals surface area contributed by atoms with Gasteiger partial charge in [-0.1, -0.05) is 5.16 Å². The summed E-state index contributed by atoms with van der Waals surface area (Å²) in [5, 5.41) is 11.9. The van der Waals surface area contributed by atoms with Crippen molar-refractivity contribution in [3.05, 3.63) is 29.2 Å². The lowest BCUT2D eigenvalue weighted by molar-refractivity contribution is -0.133. The van der Waals surface area contributed by atoms with Crippen LogP contribution in [0.5, 0.6) is 0 Å². The molecule has 4 heterocycles. The third-order valence-electron chi connectivity index (χ3n) is 4.98. The van der Waals surface area contributed by atoms with Crippen LogP contribution in [-0.4, -0.2) is 68.4 Å². The number of aryl methyl sites for hydroxylation is 2. The van der Waals surface area contributed by atoms with Crippen LogP contribution in [0.3, 0.4) is 0 Å². The van der Waals surface area contributed by atoms with E-state index in [0.717, 1.165) is 51.5 Å². The smallest absolute Gasteiger partial charge is 0.223 e. The zero-order valence-corrected chi connectivity index (χ0v) is 16.4. The van der Waals surface area contributed by atoms with E-state index in [9.17, 15) is 4.79 Å². The van der Waals surface area contributed by atoms with Crippen molar-refractivity contribution in [2.75, 3.05) is 32.7 Å². The summed E-state index contributed by atoms with van der Waals surface area (Å²) in [4.78, 5) is 20.9. The molecular formula is C17H26ClN7O2. The fourth-order valence-corrected chi connectivity index (χ4v) is 3.53. The predicted octanol–water partition coefficient (Wildman–Crippen LogP) is 0.377. The Morgan fingerprint density at radius 1 is 1.26 bits per heavy atom. The lowest BCUT2D eigenvalue weighted by Gasteiger charge is -2.34. The highest BCUT2D eigenvalue weighted by Gasteiger charge is 2.22. The number of hydrogen-bond acceptors (Lipinski definition) is 7. The van der Waals surface area contributed by atoms with Crippen LogP contribution >= 0.6 is 12.4 Å². The molecule has 2 aliphatic rings. The molecule has 0 spiro atoms. The van der Waals surface area contributed by atoms with Gasteiger partial charge in [-0.2, -0.15) is 10.1 Å². The monoisotopic (exact) mass is 395 g/mol. The summed E-state index contributed by atoms with van der Waals surface area (Å²) in [5.41, 5.74) is 2.23. The summed E-state index contributed by atoms with van der Waals surface area (Å²) in [5.74, 6) is 1.51. The minimum atomic E-state index is 0. The standard InChI is InChI=1S/C17H25N7O2.ClH/c1-13-19-16(21-26-13)12-22-6-8-23(9-7-22)17(25)3-2-14-10-15-11-18-4-5-24(15)20-14;/h10,18H,2-9,11-12H2,1H3;1H. The number of fused-ring (bicyclic) bond motifs is 1. The van der Waals surface area contributed by atoms with Gasteiger partial charge in [0.05, 0.1) is 24.5 Å². The average Bonchev–Trinajstić information content (AvgIpc) is 3.25. The quantitative estimate of drug-likeness (QED) is 0.782. The summed E-state index contributed by atoms with van der Waals surface area (Å²) in [7, 11) is 0. The van der Waals surface area contributed by atoms with E-state index in [1.54, 1.807) is 6.92 Å². The van der Waals surface area contributed by atoms with Gasteiger partial charge in [-0.25, -0.2) is 0 Å². The Kier molecular flexibility index (Phi) is 6.46. The van der Waals surface area contributed by atoms with Crippen molar-refractivity contribution in [1.29, 1.82) is 0 Å². The van der Waals surface area contributed by atoms with Gasteiger partial charge in [-0.15, -0.1) is 12.4 Å². The third-order valence-corrected chi connectivity index (χ3v) is 4.98. The van der Waals surface area contributed by atoms with Gasteiger partial charge < -0.3 is 14.7 Å². The SMILES string of the molecule is Cc1nc(CN2CCN(C(=O)CCc3cc4n(n3)CCNC4)CC2)no1.Cl. The van der Waals surface area contributed by atoms with Gasteiger partial charge in [-0.3, -0.25) is 14.4 Å². The number of carbonyl (C=O) groups is 1. The summed E-state index contributed by atoms with van der Waals surface area (Å²) in [6, 6.07) is 2.12.